The van der Waals surface area contributed by atoms with Gasteiger partial charge in [-0.15, -0.1) is 0 Å². The number of aromatic nitrogens is 1. The minimum Gasteiger partial charge on any atom is -0.478 e. The number of carbonyl (C=O) groups is 1. The van der Waals surface area contributed by atoms with Crippen molar-refractivity contribution in [3.63, 3.8) is 0 Å². The molecule has 3 heterocycles. The molecule has 144 valence electrons. The summed E-state index contributed by atoms with van der Waals surface area (Å²) in [5, 5.41) is 0. The summed E-state index contributed by atoms with van der Waals surface area (Å²) < 4.78 is 12.0. The number of ketones is 1. The van der Waals surface area contributed by atoms with E-state index in [0.717, 1.165) is 28.1 Å². The fraction of sp³-hybridized carbons (Fsp3) is 0.167. The van der Waals surface area contributed by atoms with E-state index in [1.807, 2.05) is 61.5 Å². The Balaban J connectivity index is 1.45. The van der Waals surface area contributed by atoms with Gasteiger partial charge in [-0.25, -0.2) is 0 Å². The third-order valence-corrected chi connectivity index (χ3v) is 5.27. The molecule has 2 aromatic carbocycles. The van der Waals surface area contributed by atoms with Crippen molar-refractivity contribution < 1.29 is 14.3 Å². The summed E-state index contributed by atoms with van der Waals surface area (Å²) >= 11 is 0. The zero-order chi connectivity index (χ0) is 19.8. The van der Waals surface area contributed by atoms with Gasteiger partial charge in [0.1, 0.15) is 18.2 Å². The minimum atomic E-state index is -0.0899. The van der Waals surface area contributed by atoms with E-state index in [1.165, 1.54) is 0 Å². The van der Waals surface area contributed by atoms with Crippen LogP contribution in [0.1, 0.15) is 32.7 Å². The highest BCUT2D eigenvalue weighted by molar-refractivity contribution is 6.15. The summed E-state index contributed by atoms with van der Waals surface area (Å²) in [5.41, 5.74) is 4.55. The van der Waals surface area contributed by atoms with Crippen LogP contribution in [0.4, 0.5) is 0 Å². The maximum atomic E-state index is 12.9. The molecule has 5 heteroatoms. The Morgan fingerprint density at radius 3 is 2.79 bits per heavy atom. The van der Waals surface area contributed by atoms with Crippen molar-refractivity contribution in [1.29, 1.82) is 0 Å². The lowest BCUT2D eigenvalue weighted by Gasteiger charge is -2.29. The van der Waals surface area contributed by atoms with E-state index in [1.54, 1.807) is 12.3 Å². The average Bonchev–Trinajstić information content (AvgIpc) is 3.06. The maximum absolute atomic E-state index is 12.9. The van der Waals surface area contributed by atoms with Crippen molar-refractivity contribution >= 4 is 11.9 Å². The molecule has 5 rings (SSSR count). The first-order valence-corrected chi connectivity index (χ1v) is 9.60. The molecular formula is C24H20N2O3. The minimum absolute atomic E-state index is 0.0899. The first-order chi connectivity index (χ1) is 14.2. The number of nitrogens with zero attached hydrogens (tertiary/aromatic N) is 2. The Labute approximate surface area is 169 Å². The summed E-state index contributed by atoms with van der Waals surface area (Å²) in [6.45, 7) is 3.80. The van der Waals surface area contributed by atoms with Crippen LogP contribution in [0.25, 0.3) is 6.08 Å². The van der Waals surface area contributed by atoms with Gasteiger partial charge >= 0.3 is 0 Å². The lowest BCUT2D eigenvalue weighted by atomic mass is 10.0. The third kappa shape index (κ3) is 3.30. The number of pyridine rings is 1. The molecule has 0 unspecified atom stereocenters. The van der Waals surface area contributed by atoms with Crippen LogP contribution < -0.4 is 9.47 Å². The molecule has 0 fully saturated rings. The molecule has 2 aliphatic heterocycles. The van der Waals surface area contributed by atoms with Crippen molar-refractivity contribution in [3.05, 3.63) is 94.5 Å². The third-order valence-electron chi connectivity index (χ3n) is 5.27. The quantitative estimate of drug-likeness (QED) is 0.628. The number of rotatable bonds is 3. The van der Waals surface area contributed by atoms with Crippen molar-refractivity contribution in [3.8, 4) is 11.5 Å². The van der Waals surface area contributed by atoms with Gasteiger partial charge in [-0.1, -0.05) is 30.3 Å². The number of ether oxygens (including phenoxy) is 2. The van der Waals surface area contributed by atoms with Crippen LogP contribution in [0.3, 0.4) is 0 Å². The van der Waals surface area contributed by atoms with E-state index in [4.69, 9.17) is 9.47 Å². The predicted molar refractivity (Wildman–Crippen MR) is 110 cm³/mol. The molecule has 3 aromatic rings. The number of aryl methyl sites for hydroxylation is 1. The molecule has 0 amide bonds. The van der Waals surface area contributed by atoms with Crippen molar-refractivity contribution in [2.75, 3.05) is 6.73 Å². The average molecular weight is 384 g/mol. The zero-order valence-electron chi connectivity index (χ0n) is 16.1. The molecule has 0 radical (unpaired) electrons. The van der Waals surface area contributed by atoms with Crippen LogP contribution in [0.15, 0.2) is 66.6 Å². The second kappa shape index (κ2) is 7.18. The van der Waals surface area contributed by atoms with Crippen LogP contribution in [-0.2, 0) is 13.1 Å². The first kappa shape index (κ1) is 17.6. The Morgan fingerprint density at radius 1 is 1.10 bits per heavy atom. The Hall–Kier alpha value is -3.44. The Bertz CT molecular complexity index is 1120. The number of carbonyl (C=O) groups excluding carboxylic acids is 1. The highest BCUT2D eigenvalue weighted by atomic mass is 16.5. The van der Waals surface area contributed by atoms with Gasteiger partial charge < -0.3 is 9.47 Å². The lowest BCUT2D eigenvalue weighted by Crippen LogP contribution is -2.32. The zero-order valence-corrected chi connectivity index (χ0v) is 16.1. The van der Waals surface area contributed by atoms with Gasteiger partial charge in [-0.3, -0.25) is 14.7 Å². The molecule has 0 aliphatic carbocycles. The summed E-state index contributed by atoms with van der Waals surface area (Å²) in [4.78, 5) is 19.4. The van der Waals surface area contributed by atoms with E-state index in [2.05, 4.69) is 9.88 Å². The standard InChI is InChI=1S/C24H20N2O3/c1-16-6-2-3-7-17(16)12-22-23(27)19-9-10-21-20(24(19)29-22)14-26(15-28-21)13-18-8-4-5-11-25-18/h2-12H,13-15H2,1H3/b22-12-. The molecule has 0 saturated carbocycles. The SMILES string of the molecule is Cc1ccccc1/C=C1\Oc2c(ccc3c2CN(Cc2ccccn2)CO3)C1=O. The molecule has 5 nitrogen and oxygen atoms in total. The fourth-order valence-electron chi connectivity index (χ4n) is 3.72. The largest absolute Gasteiger partial charge is 0.478 e. The number of Topliss-reactive ketones (excluding diaryl/α,β-unsaturated/α-hetero) is 1. The first-order valence-electron chi connectivity index (χ1n) is 9.60. The van der Waals surface area contributed by atoms with Crippen molar-refractivity contribution in [1.82, 2.24) is 9.88 Å². The molecule has 29 heavy (non-hydrogen) atoms. The van der Waals surface area contributed by atoms with E-state index in [0.29, 0.717) is 36.9 Å². The Kier molecular flexibility index (Phi) is 4.37. The molecule has 0 bridgehead atoms. The highest BCUT2D eigenvalue weighted by Crippen LogP contribution is 2.42. The van der Waals surface area contributed by atoms with E-state index in [9.17, 15) is 4.79 Å². The van der Waals surface area contributed by atoms with Crippen LogP contribution in [0.2, 0.25) is 0 Å². The predicted octanol–water partition coefficient (Wildman–Crippen LogP) is 4.36. The number of allylic oxidation sites excluding steroid dienone is 1. The van der Waals surface area contributed by atoms with Gasteiger partial charge in [0.25, 0.3) is 0 Å². The summed E-state index contributed by atoms with van der Waals surface area (Å²) in [5.74, 6) is 1.64. The second-order valence-corrected chi connectivity index (χ2v) is 7.30. The Morgan fingerprint density at radius 2 is 1.97 bits per heavy atom. The summed E-state index contributed by atoms with van der Waals surface area (Å²) in [6, 6.07) is 17.5. The molecule has 2 aliphatic rings. The number of hydrogen-bond donors (Lipinski definition) is 0. The van der Waals surface area contributed by atoms with Gasteiger partial charge in [0, 0.05) is 19.3 Å². The van der Waals surface area contributed by atoms with Gasteiger partial charge in [-0.05, 0) is 48.4 Å². The smallest absolute Gasteiger partial charge is 0.231 e. The second-order valence-electron chi connectivity index (χ2n) is 7.30. The lowest BCUT2D eigenvalue weighted by molar-refractivity contribution is 0.0861. The van der Waals surface area contributed by atoms with Crippen molar-refractivity contribution in [2.24, 2.45) is 0 Å². The van der Waals surface area contributed by atoms with Crippen LogP contribution >= 0.6 is 0 Å². The normalized spacial score (nSPS) is 16.9. The number of fused-ring (bicyclic) bond motifs is 3. The van der Waals surface area contributed by atoms with Crippen LogP contribution in [0, 0.1) is 6.92 Å². The molecule has 0 spiro atoms. The molecule has 0 atom stereocenters. The number of benzene rings is 2. The molecule has 0 saturated heterocycles. The van der Waals surface area contributed by atoms with E-state index in [-0.39, 0.29) is 5.78 Å². The topological polar surface area (TPSA) is 51.7 Å². The van der Waals surface area contributed by atoms with Gasteiger partial charge in [0.05, 0.1) is 16.8 Å². The van der Waals surface area contributed by atoms with E-state index < -0.39 is 0 Å². The molecule has 1 aromatic heterocycles. The van der Waals surface area contributed by atoms with Gasteiger partial charge in [0.2, 0.25) is 5.78 Å². The highest BCUT2D eigenvalue weighted by Gasteiger charge is 2.33. The van der Waals surface area contributed by atoms with Crippen LogP contribution in [0.5, 0.6) is 11.5 Å². The number of hydrogen-bond acceptors (Lipinski definition) is 5. The molecular weight excluding hydrogens is 364 g/mol. The van der Waals surface area contributed by atoms with Crippen LogP contribution in [-0.4, -0.2) is 22.4 Å². The summed E-state index contributed by atoms with van der Waals surface area (Å²) in [7, 11) is 0. The van der Waals surface area contributed by atoms with Gasteiger partial charge in [-0.2, -0.15) is 0 Å². The van der Waals surface area contributed by atoms with Gasteiger partial charge in [0.15, 0.2) is 5.76 Å². The molecule has 0 N–H and O–H groups in total. The monoisotopic (exact) mass is 384 g/mol. The van der Waals surface area contributed by atoms with Crippen molar-refractivity contribution in [2.45, 2.75) is 20.0 Å². The maximum Gasteiger partial charge on any atom is 0.231 e. The van der Waals surface area contributed by atoms with E-state index >= 15 is 0 Å². The summed E-state index contributed by atoms with van der Waals surface area (Å²) in [6.07, 6.45) is 3.61. The fourth-order valence-corrected chi connectivity index (χ4v) is 3.72.